The van der Waals surface area contributed by atoms with Crippen LogP contribution in [0.2, 0.25) is 0 Å². The van der Waals surface area contributed by atoms with Gasteiger partial charge in [-0.2, -0.15) is 0 Å². The van der Waals surface area contributed by atoms with Crippen molar-refractivity contribution >= 4 is 0 Å². The Morgan fingerprint density at radius 1 is 1.44 bits per heavy atom. The van der Waals surface area contributed by atoms with Gasteiger partial charge in [-0.15, -0.1) is 0 Å². The minimum Gasteiger partial charge on any atom is -0.374 e. The molecule has 1 aliphatic rings. The molecule has 1 rings (SSSR count). The zero-order valence-electron chi connectivity index (χ0n) is 5.97. The average Bonchev–Trinajstić information content (AvgIpc) is 2.34. The Bertz CT molecular complexity index is 75.0. The fourth-order valence-corrected chi connectivity index (χ4v) is 1.25. The molecule has 1 heterocycles. The van der Waals surface area contributed by atoms with Crippen molar-refractivity contribution < 1.29 is 4.74 Å². The molecular weight excluding hydrogens is 114 g/mol. The zero-order valence-corrected chi connectivity index (χ0v) is 5.97. The van der Waals surface area contributed by atoms with Crippen LogP contribution in [0.25, 0.3) is 0 Å². The van der Waals surface area contributed by atoms with Crippen molar-refractivity contribution in [1.82, 2.24) is 0 Å². The van der Waals surface area contributed by atoms with Crippen molar-refractivity contribution in [2.45, 2.75) is 38.4 Å². The molecule has 2 atom stereocenters. The zero-order chi connectivity index (χ0) is 6.69. The van der Waals surface area contributed by atoms with Gasteiger partial charge < -0.3 is 10.5 Å². The SMILES string of the molecule is CC[C@@H]1CC[C@H](CN)O1. The number of hydrogen-bond donors (Lipinski definition) is 1. The number of ether oxygens (including phenoxy) is 1. The first-order valence-electron chi connectivity index (χ1n) is 3.72. The summed E-state index contributed by atoms with van der Waals surface area (Å²) in [5.41, 5.74) is 5.43. The maximum Gasteiger partial charge on any atom is 0.0702 e. The third-order valence-electron chi connectivity index (χ3n) is 1.91. The summed E-state index contributed by atoms with van der Waals surface area (Å²) in [5.74, 6) is 0. The molecule has 1 saturated heterocycles. The predicted octanol–water partition coefficient (Wildman–Crippen LogP) is 0.903. The van der Waals surface area contributed by atoms with E-state index in [1.807, 2.05) is 0 Å². The van der Waals surface area contributed by atoms with E-state index in [-0.39, 0.29) is 0 Å². The van der Waals surface area contributed by atoms with E-state index in [1.165, 1.54) is 6.42 Å². The standard InChI is InChI=1S/C7H15NO/c1-2-6-3-4-7(5-8)9-6/h6-7H,2-5,8H2,1H3/t6-,7-/m1/s1. The average molecular weight is 129 g/mol. The number of hydrogen-bond acceptors (Lipinski definition) is 2. The maximum atomic E-state index is 5.53. The van der Waals surface area contributed by atoms with E-state index in [0.29, 0.717) is 18.8 Å². The molecule has 9 heavy (non-hydrogen) atoms. The van der Waals surface area contributed by atoms with Gasteiger partial charge in [0.25, 0.3) is 0 Å². The summed E-state index contributed by atoms with van der Waals surface area (Å²) in [7, 11) is 0. The highest BCUT2D eigenvalue weighted by atomic mass is 16.5. The Balaban J connectivity index is 2.20. The fraction of sp³-hybridized carbons (Fsp3) is 1.00. The Hall–Kier alpha value is -0.0800. The van der Waals surface area contributed by atoms with E-state index < -0.39 is 0 Å². The van der Waals surface area contributed by atoms with Gasteiger partial charge in [0.2, 0.25) is 0 Å². The van der Waals surface area contributed by atoms with Crippen molar-refractivity contribution in [2.24, 2.45) is 5.73 Å². The summed E-state index contributed by atoms with van der Waals surface area (Å²) < 4.78 is 5.53. The van der Waals surface area contributed by atoms with Crippen LogP contribution < -0.4 is 5.73 Å². The molecule has 0 unspecified atom stereocenters. The monoisotopic (exact) mass is 129 g/mol. The van der Waals surface area contributed by atoms with Gasteiger partial charge in [-0.1, -0.05) is 6.92 Å². The third kappa shape index (κ3) is 1.66. The molecule has 0 aromatic rings. The van der Waals surface area contributed by atoms with Crippen LogP contribution in [0.1, 0.15) is 26.2 Å². The topological polar surface area (TPSA) is 35.2 Å². The van der Waals surface area contributed by atoms with E-state index in [2.05, 4.69) is 6.92 Å². The van der Waals surface area contributed by atoms with Gasteiger partial charge in [-0.25, -0.2) is 0 Å². The molecule has 2 nitrogen and oxygen atoms in total. The summed E-state index contributed by atoms with van der Waals surface area (Å²) >= 11 is 0. The van der Waals surface area contributed by atoms with Gasteiger partial charge in [0.15, 0.2) is 0 Å². The van der Waals surface area contributed by atoms with Crippen LogP contribution >= 0.6 is 0 Å². The number of rotatable bonds is 2. The van der Waals surface area contributed by atoms with Crippen molar-refractivity contribution in [3.63, 3.8) is 0 Å². The summed E-state index contributed by atoms with van der Waals surface area (Å²) in [6.45, 7) is 2.85. The second-order valence-electron chi connectivity index (χ2n) is 2.60. The highest BCUT2D eigenvalue weighted by Crippen LogP contribution is 2.20. The van der Waals surface area contributed by atoms with Gasteiger partial charge >= 0.3 is 0 Å². The number of nitrogens with two attached hydrogens (primary N) is 1. The smallest absolute Gasteiger partial charge is 0.0702 e. The lowest BCUT2D eigenvalue weighted by Gasteiger charge is -2.08. The molecule has 0 saturated carbocycles. The minimum absolute atomic E-state index is 0.356. The first kappa shape index (κ1) is 7.03. The third-order valence-corrected chi connectivity index (χ3v) is 1.91. The minimum atomic E-state index is 0.356. The molecule has 0 aromatic carbocycles. The lowest BCUT2D eigenvalue weighted by molar-refractivity contribution is 0.0484. The predicted molar refractivity (Wildman–Crippen MR) is 37.2 cm³/mol. The van der Waals surface area contributed by atoms with Gasteiger partial charge in [0.05, 0.1) is 12.2 Å². The summed E-state index contributed by atoms with van der Waals surface area (Å²) in [4.78, 5) is 0. The van der Waals surface area contributed by atoms with E-state index in [9.17, 15) is 0 Å². The summed E-state index contributed by atoms with van der Waals surface area (Å²) in [5, 5.41) is 0. The Morgan fingerprint density at radius 2 is 2.11 bits per heavy atom. The normalized spacial score (nSPS) is 35.3. The van der Waals surface area contributed by atoms with Crippen molar-refractivity contribution in [2.75, 3.05) is 6.54 Å². The van der Waals surface area contributed by atoms with Crippen LogP contribution in [-0.4, -0.2) is 18.8 Å². The van der Waals surface area contributed by atoms with Crippen LogP contribution in [0.3, 0.4) is 0 Å². The molecule has 0 radical (unpaired) electrons. The van der Waals surface area contributed by atoms with E-state index >= 15 is 0 Å². The van der Waals surface area contributed by atoms with Gasteiger partial charge in [-0.05, 0) is 19.3 Å². The van der Waals surface area contributed by atoms with Gasteiger partial charge in [-0.3, -0.25) is 0 Å². The molecule has 1 fully saturated rings. The van der Waals surface area contributed by atoms with E-state index in [1.54, 1.807) is 0 Å². The summed E-state index contributed by atoms with van der Waals surface area (Å²) in [6, 6.07) is 0. The van der Waals surface area contributed by atoms with Gasteiger partial charge in [0.1, 0.15) is 0 Å². The van der Waals surface area contributed by atoms with Crippen LogP contribution in [0, 0.1) is 0 Å². The Kier molecular flexibility index (Phi) is 2.49. The second kappa shape index (κ2) is 3.18. The van der Waals surface area contributed by atoms with Gasteiger partial charge in [0, 0.05) is 6.54 Å². The van der Waals surface area contributed by atoms with E-state index in [4.69, 9.17) is 10.5 Å². The Morgan fingerprint density at radius 3 is 2.44 bits per heavy atom. The largest absolute Gasteiger partial charge is 0.374 e. The quantitative estimate of drug-likeness (QED) is 0.601. The maximum absolute atomic E-state index is 5.53. The van der Waals surface area contributed by atoms with Crippen LogP contribution in [0.5, 0.6) is 0 Å². The fourth-order valence-electron chi connectivity index (χ4n) is 1.25. The molecule has 0 aromatic heterocycles. The van der Waals surface area contributed by atoms with Crippen molar-refractivity contribution in [3.8, 4) is 0 Å². The lowest BCUT2D eigenvalue weighted by Crippen LogP contribution is -2.20. The molecular formula is C7H15NO. The van der Waals surface area contributed by atoms with E-state index in [0.717, 1.165) is 12.8 Å². The van der Waals surface area contributed by atoms with Crippen LogP contribution in [0.4, 0.5) is 0 Å². The van der Waals surface area contributed by atoms with Crippen molar-refractivity contribution in [3.05, 3.63) is 0 Å². The first-order chi connectivity index (χ1) is 4.36. The lowest BCUT2D eigenvalue weighted by atomic mass is 10.2. The van der Waals surface area contributed by atoms with Crippen LogP contribution in [-0.2, 0) is 4.74 Å². The molecule has 2 N–H and O–H groups in total. The molecule has 54 valence electrons. The molecule has 0 spiro atoms. The highest BCUT2D eigenvalue weighted by molar-refractivity contribution is 4.72. The van der Waals surface area contributed by atoms with Crippen molar-refractivity contribution in [1.29, 1.82) is 0 Å². The first-order valence-corrected chi connectivity index (χ1v) is 3.72. The summed E-state index contributed by atoms with van der Waals surface area (Å²) in [6.07, 6.45) is 4.36. The molecule has 0 bridgehead atoms. The molecule has 0 aliphatic carbocycles. The molecule has 0 amide bonds. The van der Waals surface area contributed by atoms with Crippen LogP contribution in [0.15, 0.2) is 0 Å². The highest BCUT2D eigenvalue weighted by Gasteiger charge is 2.21. The molecule has 1 aliphatic heterocycles. The molecule has 2 heteroatoms. The Labute approximate surface area is 56.4 Å². The second-order valence-corrected chi connectivity index (χ2v) is 2.60.